The van der Waals surface area contributed by atoms with E-state index in [1.807, 2.05) is 54.6 Å². The second-order valence-electron chi connectivity index (χ2n) is 2.96. The third kappa shape index (κ3) is 5.31. The van der Waals surface area contributed by atoms with Crippen LogP contribution in [0.25, 0.3) is 6.08 Å². The first-order chi connectivity index (χ1) is 7.29. The van der Waals surface area contributed by atoms with Gasteiger partial charge in [-0.2, -0.15) is 0 Å². The molecule has 0 fully saturated rings. The Labute approximate surface area is 89.8 Å². The Kier molecular flexibility index (Phi) is 4.73. The van der Waals surface area contributed by atoms with Crippen molar-refractivity contribution in [3.05, 3.63) is 54.1 Å². The summed E-state index contributed by atoms with van der Waals surface area (Å²) >= 11 is 0. The van der Waals surface area contributed by atoms with Gasteiger partial charge in [0.25, 0.3) is 0 Å². The van der Waals surface area contributed by atoms with Gasteiger partial charge in [-0.25, -0.2) is 4.99 Å². The Balaban J connectivity index is 2.37. The van der Waals surface area contributed by atoms with E-state index in [1.165, 1.54) is 5.56 Å². The number of nitrogens with two attached hydrogens (primary N) is 2. The highest BCUT2D eigenvalue weighted by Gasteiger charge is 1.79. The zero-order valence-electron chi connectivity index (χ0n) is 8.51. The van der Waals surface area contributed by atoms with Crippen LogP contribution in [0, 0.1) is 0 Å². The van der Waals surface area contributed by atoms with E-state index >= 15 is 0 Å². The third-order valence-electron chi connectivity index (χ3n) is 1.71. The first kappa shape index (κ1) is 11.0. The van der Waals surface area contributed by atoms with Crippen molar-refractivity contribution in [3.63, 3.8) is 0 Å². The van der Waals surface area contributed by atoms with Crippen molar-refractivity contribution in [1.82, 2.24) is 0 Å². The van der Waals surface area contributed by atoms with Gasteiger partial charge in [-0.1, -0.05) is 54.6 Å². The summed E-state index contributed by atoms with van der Waals surface area (Å²) in [4.78, 5) is 3.82. The molecule has 1 aromatic rings. The Morgan fingerprint density at radius 2 is 1.87 bits per heavy atom. The van der Waals surface area contributed by atoms with Crippen molar-refractivity contribution >= 4 is 12.0 Å². The summed E-state index contributed by atoms with van der Waals surface area (Å²) in [6.45, 7) is 0.515. The quantitative estimate of drug-likeness (QED) is 0.441. The summed E-state index contributed by atoms with van der Waals surface area (Å²) in [5.74, 6) is 0.117. The number of allylic oxidation sites excluding steroid dienone is 2. The number of rotatable bonds is 4. The number of hydrogen-bond donors (Lipinski definition) is 2. The molecule has 0 saturated heterocycles. The van der Waals surface area contributed by atoms with Gasteiger partial charge >= 0.3 is 0 Å². The maximum absolute atomic E-state index is 5.17. The summed E-state index contributed by atoms with van der Waals surface area (Å²) in [5, 5.41) is 0. The van der Waals surface area contributed by atoms with E-state index in [1.54, 1.807) is 0 Å². The molecule has 15 heavy (non-hydrogen) atoms. The molecule has 0 heterocycles. The molecule has 0 amide bonds. The molecule has 0 spiro atoms. The highest BCUT2D eigenvalue weighted by Crippen LogP contribution is 2.00. The molecule has 1 rings (SSSR count). The topological polar surface area (TPSA) is 64.4 Å². The molecule has 3 nitrogen and oxygen atoms in total. The maximum Gasteiger partial charge on any atom is 0.186 e. The maximum atomic E-state index is 5.17. The van der Waals surface area contributed by atoms with Crippen LogP contribution in [0.1, 0.15) is 5.56 Å². The van der Waals surface area contributed by atoms with Gasteiger partial charge < -0.3 is 11.5 Å². The zero-order valence-corrected chi connectivity index (χ0v) is 8.51. The second kappa shape index (κ2) is 6.43. The minimum absolute atomic E-state index is 0.117. The number of nitrogens with zero attached hydrogens (tertiary/aromatic N) is 1. The van der Waals surface area contributed by atoms with Gasteiger partial charge in [0.2, 0.25) is 0 Å². The standard InChI is InChI=1S/C12H15N3/c13-12(14)15-10-6-2-5-9-11-7-3-1-4-8-11/h1-9H,10H2,(H4,13,14,15). The lowest BCUT2D eigenvalue weighted by molar-refractivity contribution is 1.21. The number of benzene rings is 1. The van der Waals surface area contributed by atoms with Crippen LogP contribution in [0.4, 0.5) is 0 Å². The molecule has 0 aliphatic carbocycles. The van der Waals surface area contributed by atoms with Crippen LogP contribution in [0.2, 0.25) is 0 Å². The van der Waals surface area contributed by atoms with Crippen molar-refractivity contribution < 1.29 is 0 Å². The molecular weight excluding hydrogens is 186 g/mol. The van der Waals surface area contributed by atoms with E-state index in [0.29, 0.717) is 6.54 Å². The SMILES string of the molecule is NC(N)=NCC=CC=Cc1ccccc1. The van der Waals surface area contributed by atoms with Gasteiger partial charge in [0.05, 0.1) is 6.54 Å². The van der Waals surface area contributed by atoms with Gasteiger partial charge in [0.1, 0.15) is 0 Å². The van der Waals surface area contributed by atoms with E-state index in [0.717, 1.165) is 0 Å². The third-order valence-corrected chi connectivity index (χ3v) is 1.71. The normalized spacial score (nSPS) is 10.9. The fourth-order valence-corrected chi connectivity index (χ4v) is 1.03. The highest BCUT2D eigenvalue weighted by atomic mass is 15.0. The largest absolute Gasteiger partial charge is 0.370 e. The van der Waals surface area contributed by atoms with Crippen LogP contribution < -0.4 is 11.5 Å². The molecule has 0 aromatic heterocycles. The molecular formula is C12H15N3. The average Bonchev–Trinajstić information content (AvgIpc) is 2.24. The van der Waals surface area contributed by atoms with Gasteiger partial charge in [-0.15, -0.1) is 0 Å². The lowest BCUT2D eigenvalue weighted by atomic mass is 10.2. The second-order valence-corrected chi connectivity index (χ2v) is 2.96. The van der Waals surface area contributed by atoms with Crippen molar-refractivity contribution in [2.75, 3.05) is 6.54 Å². The summed E-state index contributed by atoms with van der Waals surface area (Å²) in [7, 11) is 0. The van der Waals surface area contributed by atoms with Crippen LogP contribution in [0.15, 0.2) is 53.6 Å². The van der Waals surface area contributed by atoms with Crippen LogP contribution in [-0.4, -0.2) is 12.5 Å². The lowest BCUT2D eigenvalue weighted by Crippen LogP contribution is -2.22. The zero-order chi connectivity index (χ0) is 10.9. The summed E-state index contributed by atoms with van der Waals surface area (Å²) in [6, 6.07) is 10.1. The first-order valence-corrected chi connectivity index (χ1v) is 4.72. The molecule has 0 unspecified atom stereocenters. The monoisotopic (exact) mass is 201 g/mol. The minimum atomic E-state index is 0.117. The van der Waals surface area contributed by atoms with E-state index in [4.69, 9.17) is 11.5 Å². The predicted molar refractivity (Wildman–Crippen MR) is 65.3 cm³/mol. The molecule has 0 atom stereocenters. The highest BCUT2D eigenvalue weighted by molar-refractivity contribution is 5.75. The first-order valence-electron chi connectivity index (χ1n) is 4.72. The van der Waals surface area contributed by atoms with Crippen molar-refractivity contribution in [2.24, 2.45) is 16.5 Å². The molecule has 0 aliphatic rings. The fourth-order valence-electron chi connectivity index (χ4n) is 1.03. The van der Waals surface area contributed by atoms with Crippen molar-refractivity contribution in [2.45, 2.75) is 0 Å². The van der Waals surface area contributed by atoms with Gasteiger partial charge in [0, 0.05) is 0 Å². The van der Waals surface area contributed by atoms with Gasteiger partial charge in [-0.3, -0.25) is 0 Å². The number of aliphatic imine (C=N–C) groups is 1. The van der Waals surface area contributed by atoms with Crippen LogP contribution >= 0.6 is 0 Å². The fraction of sp³-hybridized carbons (Fsp3) is 0.0833. The molecule has 4 N–H and O–H groups in total. The van der Waals surface area contributed by atoms with Crippen LogP contribution in [0.3, 0.4) is 0 Å². The smallest absolute Gasteiger partial charge is 0.186 e. The summed E-state index contributed by atoms with van der Waals surface area (Å²) in [5.41, 5.74) is 11.5. The van der Waals surface area contributed by atoms with E-state index in [9.17, 15) is 0 Å². The molecule has 0 saturated carbocycles. The van der Waals surface area contributed by atoms with Gasteiger partial charge in [0.15, 0.2) is 5.96 Å². The minimum Gasteiger partial charge on any atom is -0.370 e. The van der Waals surface area contributed by atoms with E-state index in [2.05, 4.69) is 4.99 Å². The molecule has 0 radical (unpaired) electrons. The summed E-state index contributed by atoms with van der Waals surface area (Å²) < 4.78 is 0. The molecule has 3 heteroatoms. The summed E-state index contributed by atoms with van der Waals surface area (Å²) in [6.07, 6.45) is 7.78. The predicted octanol–water partition coefficient (Wildman–Crippen LogP) is 1.53. The van der Waals surface area contributed by atoms with Crippen molar-refractivity contribution in [3.8, 4) is 0 Å². The molecule has 0 aliphatic heterocycles. The van der Waals surface area contributed by atoms with E-state index in [-0.39, 0.29) is 5.96 Å². The van der Waals surface area contributed by atoms with Crippen molar-refractivity contribution in [1.29, 1.82) is 0 Å². The number of hydrogen-bond acceptors (Lipinski definition) is 1. The average molecular weight is 201 g/mol. The Hall–Kier alpha value is -2.03. The Morgan fingerprint density at radius 3 is 2.53 bits per heavy atom. The Bertz CT molecular complexity index is 360. The number of guanidine groups is 1. The van der Waals surface area contributed by atoms with Gasteiger partial charge in [-0.05, 0) is 5.56 Å². The molecule has 78 valence electrons. The molecule has 0 bridgehead atoms. The van der Waals surface area contributed by atoms with Crippen LogP contribution in [0.5, 0.6) is 0 Å². The Morgan fingerprint density at radius 1 is 1.13 bits per heavy atom. The lowest BCUT2D eigenvalue weighted by Gasteiger charge is -1.88. The molecule has 1 aromatic carbocycles. The van der Waals surface area contributed by atoms with Crippen LogP contribution in [-0.2, 0) is 0 Å². The van der Waals surface area contributed by atoms with E-state index < -0.39 is 0 Å².